The van der Waals surface area contributed by atoms with Gasteiger partial charge in [0, 0.05) is 39.3 Å². The van der Waals surface area contributed by atoms with Gasteiger partial charge in [-0.05, 0) is 19.3 Å². The van der Waals surface area contributed by atoms with Gasteiger partial charge >= 0.3 is 0 Å². The first-order valence-electron chi connectivity index (χ1n) is 7.23. The molecule has 0 aromatic rings. The van der Waals surface area contributed by atoms with Crippen LogP contribution >= 0.6 is 0 Å². The van der Waals surface area contributed by atoms with Gasteiger partial charge in [0.15, 0.2) is 0 Å². The molecule has 19 heavy (non-hydrogen) atoms. The first-order valence-corrected chi connectivity index (χ1v) is 7.23. The Bertz CT molecular complexity index is 284. The SMILES string of the molecule is COCCN1CCN(C(=O)[C@@H](N)CC(C)C)CC1C. The average Bonchev–Trinajstić information content (AvgIpc) is 2.35. The zero-order valence-electron chi connectivity index (χ0n) is 12.8. The number of nitrogens with zero attached hydrogens (tertiary/aromatic N) is 2. The molecule has 1 unspecified atom stereocenters. The molecule has 1 aliphatic rings. The second-order valence-corrected chi connectivity index (χ2v) is 5.90. The minimum absolute atomic E-state index is 0.104. The molecule has 5 heteroatoms. The first kappa shape index (κ1) is 16.4. The van der Waals surface area contributed by atoms with E-state index in [2.05, 4.69) is 25.7 Å². The number of carbonyl (C=O) groups excluding carboxylic acids is 1. The van der Waals surface area contributed by atoms with Gasteiger partial charge in [0.25, 0.3) is 0 Å². The van der Waals surface area contributed by atoms with E-state index in [0.29, 0.717) is 12.0 Å². The molecule has 0 aromatic carbocycles. The van der Waals surface area contributed by atoms with Gasteiger partial charge < -0.3 is 15.4 Å². The van der Waals surface area contributed by atoms with Crippen LogP contribution < -0.4 is 5.73 Å². The lowest BCUT2D eigenvalue weighted by molar-refractivity contribution is -0.136. The zero-order valence-corrected chi connectivity index (χ0v) is 12.8. The smallest absolute Gasteiger partial charge is 0.239 e. The molecular weight excluding hydrogens is 242 g/mol. The third-order valence-corrected chi connectivity index (χ3v) is 3.70. The molecule has 1 rings (SSSR count). The normalized spacial score (nSPS) is 22.8. The average molecular weight is 271 g/mol. The Morgan fingerprint density at radius 2 is 2.11 bits per heavy atom. The summed E-state index contributed by atoms with van der Waals surface area (Å²) in [5.41, 5.74) is 5.98. The van der Waals surface area contributed by atoms with Crippen molar-refractivity contribution >= 4 is 5.91 Å². The minimum Gasteiger partial charge on any atom is -0.383 e. The maximum Gasteiger partial charge on any atom is 0.239 e. The van der Waals surface area contributed by atoms with Crippen LogP contribution in [0.15, 0.2) is 0 Å². The Morgan fingerprint density at radius 3 is 2.63 bits per heavy atom. The van der Waals surface area contributed by atoms with Crippen LogP contribution in [0.4, 0.5) is 0 Å². The number of piperazine rings is 1. The van der Waals surface area contributed by atoms with E-state index in [1.807, 2.05) is 4.90 Å². The van der Waals surface area contributed by atoms with Crippen LogP contribution in [0.25, 0.3) is 0 Å². The lowest BCUT2D eigenvalue weighted by Crippen LogP contribution is -2.57. The van der Waals surface area contributed by atoms with Crippen molar-refractivity contribution in [2.24, 2.45) is 11.7 Å². The van der Waals surface area contributed by atoms with Crippen molar-refractivity contribution in [1.29, 1.82) is 0 Å². The molecule has 0 saturated carbocycles. The maximum atomic E-state index is 12.3. The Hall–Kier alpha value is -0.650. The number of hydrogen-bond donors (Lipinski definition) is 1. The summed E-state index contributed by atoms with van der Waals surface area (Å²) in [7, 11) is 1.72. The number of rotatable bonds is 6. The summed E-state index contributed by atoms with van der Waals surface area (Å²) in [6.07, 6.45) is 0.761. The molecule has 0 aromatic heterocycles. The van der Waals surface area contributed by atoms with E-state index >= 15 is 0 Å². The van der Waals surface area contributed by atoms with E-state index in [9.17, 15) is 4.79 Å². The first-order chi connectivity index (χ1) is 8.95. The largest absolute Gasteiger partial charge is 0.383 e. The molecule has 1 saturated heterocycles. The van der Waals surface area contributed by atoms with Gasteiger partial charge in [-0.2, -0.15) is 0 Å². The van der Waals surface area contributed by atoms with E-state index in [1.54, 1.807) is 7.11 Å². The molecule has 0 bridgehead atoms. The highest BCUT2D eigenvalue weighted by Crippen LogP contribution is 2.12. The number of carbonyl (C=O) groups is 1. The molecule has 2 N–H and O–H groups in total. The van der Waals surface area contributed by atoms with Crippen molar-refractivity contribution in [1.82, 2.24) is 9.80 Å². The predicted molar refractivity (Wildman–Crippen MR) is 76.9 cm³/mol. The summed E-state index contributed by atoms with van der Waals surface area (Å²) in [4.78, 5) is 16.5. The van der Waals surface area contributed by atoms with Gasteiger partial charge in [0.05, 0.1) is 12.6 Å². The van der Waals surface area contributed by atoms with E-state index in [1.165, 1.54) is 0 Å². The molecule has 1 fully saturated rings. The molecule has 1 aliphatic heterocycles. The number of nitrogens with two attached hydrogens (primary N) is 1. The minimum atomic E-state index is -0.349. The lowest BCUT2D eigenvalue weighted by atomic mass is 10.0. The van der Waals surface area contributed by atoms with Gasteiger partial charge in [-0.15, -0.1) is 0 Å². The second kappa shape index (κ2) is 7.82. The highest BCUT2D eigenvalue weighted by Gasteiger charge is 2.29. The highest BCUT2D eigenvalue weighted by molar-refractivity contribution is 5.81. The maximum absolute atomic E-state index is 12.3. The van der Waals surface area contributed by atoms with Crippen molar-refractivity contribution in [2.45, 2.75) is 39.3 Å². The highest BCUT2D eigenvalue weighted by atomic mass is 16.5. The standard InChI is InChI=1S/C14H29N3O2/c1-11(2)9-13(15)14(18)17-6-5-16(7-8-19-4)12(3)10-17/h11-13H,5-10,15H2,1-4H3/t12?,13-/m0/s1. The monoisotopic (exact) mass is 271 g/mol. The van der Waals surface area contributed by atoms with Gasteiger partial charge in [0.2, 0.25) is 5.91 Å². The van der Waals surface area contributed by atoms with Crippen molar-refractivity contribution in [3.8, 4) is 0 Å². The molecule has 2 atom stereocenters. The van der Waals surface area contributed by atoms with Crippen LogP contribution in [-0.2, 0) is 9.53 Å². The molecular formula is C14H29N3O2. The van der Waals surface area contributed by atoms with Crippen LogP contribution in [0.5, 0.6) is 0 Å². The predicted octanol–water partition coefficient (Wildman–Crippen LogP) is 0.539. The summed E-state index contributed by atoms with van der Waals surface area (Å²) in [6, 6.07) is 0.0248. The van der Waals surface area contributed by atoms with Crippen molar-refractivity contribution in [3.05, 3.63) is 0 Å². The molecule has 0 spiro atoms. The van der Waals surface area contributed by atoms with Gasteiger partial charge in [0.1, 0.15) is 0 Å². The summed E-state index contributed by atoms with van der Waals surface area (Å²) in [5, 5.41) is 0. The Morgan fingerprint density at radius 1 is 1.42 bits per heavy atom. The molecule has 5 nitrogen and oxygen atoms in total. The third-order valence-electron chi connectivity index (χ3n) is 3.70. The quantitative estimate of drug-likeness (QED) is 0.766. The number of ether oxygens (including phenoxy) is 1. The van der Waals surface area contributed by atoms with Crippen LogP contribution in [0.2, 0.25) is 0 Å². The molecule has 0 aliphatic carbocycles. The van der Waals surface area contributed by atoms with Crippen molar-refractivity contribution in [2.75, 3.05) is 39.9 Å². The fourth-order valence-corrected chi connectivity index (χ4v) is 2.58. The fourth-order valence-electron chi connectivity index (χ4n) is 2.58. The van der Waals surface area contributed by atoms with Crippen LogP contribution in [0, 0.1) is 5.92 Å². The number of methoxy groups -OCH3 is 1. The number of amides is 1. The lowest BCUT2D eigenvalue weighted by Gasteiger charge is -2.40. The zero-order chi connectivity index (χ0) is 14.4. The summed E-state index contributed by atoms with van der Waals surface area (Å²) in [6.45, 7) is 10.5. The van der Waals surface area contributed by atoms with Gasteiger partial charge in [-0.3, -0.25) is 9.69 Å². The Balaban J connectivity index is 2.44. The summed E-state index contributed by atoms with van der Waals surface area (Å²) in [5.74, 6) is 0.561. The molecule has 1 amide bonds. The van der Waals surface area contributed by atoms with E-state index in [-0.39, 0.29) is 11.9 Å². The molecule has 0 radical (unpaired) electrons. The van der Waals surface area contributed by atoms with Gasteiger partial charge in [-0.1, -0.05) is 13.8 Å². The molecule has 1 heterocycles. The fraction of sp³-hybridized carbons (Fsp3) is 0.929. The van der Waals surface area contributed by atoms with E-state index in [4.69, 9.17) is 10.5 Å². The third kappa shape index (κ3) is 5.09. The van der Waals surface area contributed by atoms with Gasteiger partial charge in [-0.25, -0.2) is 0 Å². The van der Waals surface area contributed by atoms with E-state index < -0.39 is 0 Å². The molecule has 112 valence electrons. The second-order valence-electron chi connectivity index (χ2n) is 5.90. The van der Waals surface area contributed by atoms with Crippen molar-refractivity contribution < 1.29 is 9.53 Å². The van der Waals surface area contributed by atoms with Crippen LogP contribution in [0.3, 0.4) is 0 Å². The van der Waals surface area contributed by atoms with E-state index in [0.717, 1.165) is 39.2 Å². The topological polar surface area (TPSA) is 58.8 Å². The Kier molecular flexibility index (Phi) is 6.75. The van der Waals surface area contributed by atoms with Crippen LogP contribution in [-0.4, -0.2) is 67.7 Å². The van der Waals surface area contributed by atoms with Crippen LogP contribution in [0.1, 0.15) is 27.2 Å². The number of hydrogen-bond acceptors (Lipinski definition) is 4. The van der Waals surface area contributed by atoms with Crippen molar-refractivity contribution in [3.63, 3.8) is 0 Å². The summed E-state index contributed by atoms with van der Waals surface area (Å²) >= 11 is 0. The summed E-state index contributed by atoms with van der Waals surface area (Å²) < 4.78 is 5.11. The Labute approximate surface area is 117 Å².